The number of nitrogens with one attached hydrogen (secondary N) is 1. The first-order valence-electron chi connectivity index (χ1n) is 6.00. The lowest BCUT2D eigenvalue weighted by Crippen LogP contribution is -2.27. The molecule has 2 aromatic rings. The number of rotatable bonds is 4. The van der Waals surface area contributed by atoms with Crippen molar-refractivity contribution in [3.8, 4) is 0 Å². The second kappa shape index (κ2) is 6.34. The smallest absolute Gasteiger partial charge is 0.254 e. The number of hydrogen-bond acceptors (Lipinski definition) is 3. The summed E-state index contributed by atoms with van der Waals surface area (Å²) in [6, 6.07) is 8.60. The Bertz CT molecular complexity index is 616. The van der Waals surface area contributed by atoms with Gasteiger partial charge in [0, 0.05) is 17.8 Å². The first kappa shape index (κ1) is 14.3. The van der Waals surface area contributed by atoms with Gasteiger partial charge in [0.25, 0.3) is 5.91 Å². The summed E-state index contributed by atoms with van der Waals surface area (Å²) in [4.78, 5) is 15.4. The van der Waals surface area contributed by atoms with Crippen molar-refractivity contribution in [1.29, 1.82) is 0 Å². The number of carbonyl (C=O) groups is 1. The summed E-state index contributed by atoms with van der Waals surface area (Å²) in [5, 5.41) is 3.29. The Labute approximate surface area is 120 Å². The van der Waals surface area contributed by atoms with Crippen LogP contribution in [0.5, 0.6) is 0 Å². The molecule has 3 N–H and O–H groups in total. The van der Waals surface area contributed by atoms with Crippen molar-refractivity contribution in [1.82, 2.24) is 10.3 Å². The lowest BCUT2D eigenvalue weighted by molar-refractivity contribution is 0.0950. The molecule has 1 heterocycles. The molecule has 0 bridgehead atoms. The van der Waals surface area contributed by atoms with Crippen molar-refractivity contribution >= 4 is 23.3 Å². The topological polar surface area (TPSA) is 68.0 Å². The van der Waals surface area contributed by atoms with Crippen LogP contribution >= 0.6 is 11.6 Å². The molecule has 0 unspecified atom stereocenters. The van der Waals surface area contributed by atoms with Crippen molar-refractivity contribution in [2.75, 3.05) is 12.3 Å². The van der Waals surface area contributed by atoms with Crippen LogP contribution in [0.1, 0.15) is 15.9 Å². The van der Waals surface area contributed by atoms with Crippen molar-refractivity contribution < 1.29 is 9.18 Å². The van der Waals surface area contributed by atoms with Gasteiger partial charge in [0.15, 0.2) is 11.6 Å². The van der Waals surface area contributed by atoms with Crippen LogP contribution in [0.3, 0.4) is 0 Å². The molecule has 0 aliphatic rings. The van der Waals surface area contributed by atoms with Crippen molar-refractivity contribution in [2.24, 2.45) is 0 Å². The van der Waals surface area contributed by atoms with Gasteiger partial charge in [-0.1, -0.05) is 23.7 Å². The first-order valence-corrected chi connectivity index (χ1v) is 6.38. The van der Waals surface area contributed by atoms with E-state index in [1.807, 2.05) is 12.1 Å². The lowest BCUT2D eigenvalue weighted by atomic mass is 10.1. The van der Waals surface area contributed by atoms with Crippen molar-refractivity contribution in [2.45, 2.75) is 6.42 Å². The summed E-state index contributed by atoms with van der Waals surface area (Å²) in [5.74, 6) is -1.59. The van der Waals surface area contributed by atoms with Crippen LogP contribution in [0, 0.1) is 5.82 Å². The molecule has 4 nitrogen and oxygen atoms in total. The molecule has 0 saturated heterocycles. The Morgan fingerprint density at radius 2 is 2.00 bits per heavy atom. The normalized spacial score (nSPS) is 10.3. The Morgan fingerprint density at radius 1 is 1.30 bits per heavy atom. The third-order valence-corrected chi connectivity index (χ3v) is 3.03. The summed E-state index contributed by atoms with van der Waals surface area (Å²) in [6.07, 6.45) is 1.93. The molecule has 6 heteroatoms. The van der Waals surface area contributed by atoms with Gasteiger partial charge in [0.2, 0.25) is 0 Å². The summed E-state index contributed by atoms with van der Waals surface area (Å²) >= 11 is 5.78. The SMILES string of the molecule is Nc1nccc(C(=O)NCCc2ccc(Cl)cc2)c1F. The maximum atomic E-state index is 13.6. The number of nitrogens with two attached hydrogens (primary N) is 1. The fourth-order valence-electron chi connectivity index (χ4n) is 1.70. The number of benzene rings is 1. The number of carbonyl (C=O) groups excluding carboxylic acids is 1. The van der Waals surface area contributed by atoms with Crippen LogP contribution in [-0.4, -0.2) is 17.4 Å². The number of amides is 1. The monoisotopic (exact) mass is 293 g/mol. The van der Waals surface area contributed by atoms with E-state index in [0.29, 0.717) is 18.0 Å². The van der Waals surface area contributed by atoms with Gasteiger partial charge in [0.05, 0.1) is 5.56 Å². The molecule has 0 radical (unpaired) electrons. The molecule has 2 rings (SSSR count). The molecule has 20 heavy (non-hydrogen) atoms. The number of nitrogen functional groups attached to an aromatic ring is 1. The fraction of sp³-hybridized carbons (Fsp3) is 0.143. The van der Waals surface area contributed by atoms with E-state index < -0.39 is 11.7 Å². The third-order valence-electron chi connectivity index (χ3n) is 2.77. The maximum absolute atomic E-state index is 13.6. The zero-order chi connectivity index (χ0) is 14.5. The van der Waals surface area contributed by atoms with E-state index in [0.717, 1.165) is 5.56 Å². The minimum Gasteiger partial charge on any atom is -0.381 e. The molecule has 1 amide bonds. The highest BCUT2D eigenvalue weighted by molar-refractivity contribution is 6.30. The molecule has 0 aliphatic heterocycles. The standard InChI is InChI=1S/C14H13ClFN3O/c15-10-3-1-9(2-4-10)5-7-19-14(20)11-6-8-18-13(17)12(11)16/h1-4,6,8H,5,7H2,(H2,17,18)(H,19,20). The fourth-order valence-corrected chi connectivity index (χ4v) is 1.83. The summed E-state index contributed by atoms with van der Waals surface area (Å²) < 4.78 is 13.6. The quantitative estimate of drug-likeness (QED) is 0.910. The number of halogens is 2. The number of pyridine rings is 1. The van der Waals surface area contributed by atoms with Gasteiger partial charge in [-0.3, -0.25) is 4.79 Å². The van der Waals surface area contributed by atoms with Crippen LogP contribution in [0.4, 0.5) is 10.2 Å². The molecule has 0 aliphatic carbocycles. The molecule has 1 aromatic heterocycles. The Kier molecular flexibility index (Phi) is 4.53. The van der Waals surface area contributed by atoms with E-state index in [1.165, 1.54) is 12.3 Å². The summed E-state index contributed by atoms with van der Waals surface area (Å²) in [6.45, 7) is 0.391. The van der Waals surface area contributed by atoms with Gasteiger partial charge >= 0.3 is 0 Å². The second-order valence-corrected chi connectivity index (χ2v) is 4.63. The Morgan fingerprint density at radius 3 is 2.70 bits per heavy atom. The minimum absolute atomic E-state index is 0.103. The summed E-state index contributed by atoms with van der Waals surface area (Å²) in [5.41, 5.74) is 6.24. The van der Waals surface area contributed by atoms with E-state index in [4.69, 9.17) is 17.3 Å². The molecule has 0 fully saturated rings. The van der Waals surface area contributed by atoms with Crippen LogP contribution in [-0.2, 0) is 6.42 Å². The average Bonchev–Trinajstić information content (AvgIpc) is 2.44. The molecule has 0 saturated carbocycles. The number of anilines is 1. The highest BCUT2D eigenvalue weighted by Crippen LogP contribution is 2.12. The molecule has 1 aromatic carbocycles. The van der Waals surface area contributed by atoms with Gasteiger partial charge in [-0.25, -0.2) is 9.37 Å². The van der Waals surface area contributed by atoms with Gasteiger partial charge in [-0.05, 0) is 30.2 Å². The third kappa shape index (κ3) is 3.45. The molecule has 104 valence electrons. The average molecular weight is 294 g/mol. The van der Waals surface area contributed by atoms with E-state index in [9.17, 15) is 9.18 Å². The van der Waals surface area contributed by atoms with Crippen LogP contribution in [0.15, 0.2) is 36.5 Å². The first-order chi connectivity index (χ1) is 9.58. The summed E-state index contributed by atoms with van der Waals surface area (Å²) in [7, 11) is 0. The van der Waals surface area contributed by atoms with Gasteiger partial charge in [-0.2, -0.15) is 0 Å². The Hall–Kier alpha value is -2.14. The van der Waals surface area contributed by atoms with E-state index in [2.05, 4.69) is 10.3 Å². The maximum Gasteiger partial charge on any atom is 0.254 e. The largest absolute Gasteiger partial charge is 0.381 e. The van der Waals surface area contributed by atoms with Gasteiger partial charge in [-0.15, -0.1) is 0 Å². The number of aromatic nitrogens is 1. The highest BCUT2D eigenvalue weighted by Gasteiger charge is 2.13. The van der Waals surface area contributed by atoms with Crippen LogP contribution in [0.2, 0.25) is 5.02 Å². The number of nitrogens with zero attached hydrogens (tertiary/aromatic N) is 1. The molecular weight excluding hydrogens is 281 g/mol. The number of hydrogen-bond donors (Lipinski definition) is 2. The molecular formula is C14H13ClFN3O. The van der Waals surface area contributed by atoms with Crippen LogP contribution in [0.25, 0.3) is 0 Å². The zero-order valence-corrected chi connectivity index (χ0v) is 11.3. The second-order valence-electron chi connectivity index (χ2n) is 4.19. The van der Waals surface area contributed by atoms with Crippen LogP contribution < -0.4 is 11.1 Å². The predicted molar refractivity (Wildman–Crippen MR) is 76.1 cm³/mol. The molecule has 0 atom stereocenters. The van der Waals surface area contributed by atoms with Gasteiger partial charge < -0.3 is 11.1 Å². The van der Waals surface area contributed by atoms with E-state index in [-0.39, 0.29) is 11.4 Å². The van der Waals surface area contributed by atoms with Crippen molar-refractivity contribution in [3.63, 3.8) is 0 Å². The lowest BCUT2D eigenvalue weighted by Gasteiger charge is -2.07. The Balaban J connectivity index is 1.92. The van der Waals surface area contributed by atoms with E-state index in [1.54, 1.807) is 12.1 Å². The predicted octanol–water partition coefficient (Wildman–Crippen LogP) is 2.43. The van der Waals surface area contributed by atoms with Crippen molar-refractivity contribution in [3.05, 3.63) is 58.5 Å². The zero-order valence-electron chi connectivity index (χ0n) is 10.6. The minimum atomic E-state index is -0.795. The molecule has 0 spiro atoms. The highest BCUT2D eigenvalue weighted by atomic mass is 35.5. The van der Waals surface area contributed by atoms with Gasteiger partial charge in [0.1, 0.15) is 0 Å². The van der Waals surface area contributed by atoms with E-state index >= 15 is 0 Å².